The molecule has 2 amide bonds. The number of likely N-dealkylation sites (tertiary alicyclic amines) is 1. The Bertz CT molecular complexity index is 412. The van der Waals surface area contributed by atoms with Crippen LogP contribution in [0.25, 0.3) is 0 Å². The highest BCUT2D eigenvalue weighted by Gasteiger charge is 2.26. The Balaban J connectivity index is 1.85. The Kier molecular flexibility index (Phi) is 5.79. The van der Waals surface area contributed by atoms with Gasteiger partial charge in [0.2, 0.25) is 11.8 Å². The van der Waals surface area contributed by atoms with Gasteiger partial charge in [-0.1, -0.05) is 6.08 Å². The lowest BCUT2D eigenvalue weighted by atomic mass is 9.96. The number of nitrogens with two attached hydrogens (primary N) is 1. The highest BCUT2D eigenvalue weighted by Crippen LogP contribution is 2.22. The maximum Gasteiger partial charge on any atom is 0.240 e. The summed E-state index contributed by atoms with van der Waals surface area (Å²) in [7, 11) is 0. The van der Waals surface area contributed by atoms with Crippen LogP contribution >= 0.6 is 0 Å². The van der Waals surface area contributed by atoms with E-state index in [1.165, 1.54) is 18.5 Å². The minimum absolute atomic E-state index is 0.0142. The molecule has 1 fully saturated rings. The molecular formula is C16H27N3O2. The fourth-order valence-electron chi connectivity index (χ4n) is 3.26. The summed E-state index contributed by atoms with van der Waals surface area (Å²) in [6.07, 6.45) is 8.28. The molecule has 1 aliphatic heterocycles. The minimum Gasteiger partial charge on any atom is -0.369 e. The van der Waals surface area contributed by atoms with Gasteiger partial charge in [0.15, 0.2) is 0 Å². The summed E-state index contributed by atoms with van der Waals surface area (Å²) in [6.45, 7) is 4.80. The number of nitrogens with zero attached hydrogens (tertiary/aromatic N) is 2. The van der Waals surface area contributed by atoms with Gasteiger partial charge in [-0.05, 0) is 58.5 Å². The molecule has 0 unspecified atom stereocenters. The second kappa shape index (κ2) is 7.59. The van der Waals surface area contributed by atoms with E-state index >= 15 is 0 Å². The molecule has 0 bridgehead atoms. The van der Waals surface area contributed by atoms with Crippen molar-refractivity contribution >= 4 is 11.8 Å². The van der Waals surface area contributed by atoms with Crippen molar-refractivity contribution in [3.05, 3.63) is 11.8 Å². The average Bonchev–Trinajstić information content (AvgIpc) is 2.49. The van der Waals surface area contributed by atoms with Crippen molar-refractivity contribution in [2.75, 3.05) is 26.2 Å². The van der Waals surface area contributed by atoms with E-state index in [4.69, 9.17) is 5.73 Å². The molecule has 0 saturated carbocycles. The molecule has 0 atom stereocenters. The van der Waals surface area contributed by atoms with Crippen LogP contribution in [0.3, 0.4) is 0 Å². The maximum absolute atomic E-state index is 12.5. The minimum atomic E-state index is -0.205. The van der Waals surface area contributed by atoms with E-state index in [0.717, 1.165) is 45.3 Å². The number of likely N-dealkylation sites (N-methyl/N-ethyl adjacent to an activating group) is 1. The first kappa shape index (κ1) is 16.0. The summed E-state index contributed by atoms with van der Waals surface area (Å²) < 4.78 is 0. The second-order valence-corrected chi connectivity index (χ2v) is 6.03. The van der Waals surface area contributed by atoms with Gasteiger partial charge in [0.05, 0.1) is 6.54 Å². The molecule has 0 spiro atoms. The van der Waals surface area contributed by atoms with Crippen LogP contribution in [0.4, 0.5) is 0 Å². The molecule has 5 heteroatoms. The van der Waals surface area contributed by atoms with E-state index in [-0.39, 0.29) is 17.7 Å². The van der Waals surface area contributed by atoms with Crippen molar-refractivity contribution < 1.29 is 9.59 Å². The van der Waals surface area contributed by atoms with Gasteiger partial charge in [-0.3, -0.25) is 14.5 Å². The zero-order valence-corrected chi connectivity index (χ0v) is 13.0. The highest BCUT2D eigenvalue weighted by atomic mass is 16.2. The van der Waals surface area contributed by atoms with Crippen molar-refractivity contribution in [2.24, 2.45) is 11.7 Å². The lowest BCUT2D eigenvalue weighted by Gasteiger charge is -2.33. The quantitative estimate of drug-likeness (QED) is 0.835. The van der Waals surface area contributed by atoms with Crippen LogP contribution in [-0.4, -0.2) is 47.8 Å². The van der Waals surface area contributed by atoms with Gasteiger partial charge in [-0.15, -0.1) is 0 Å². The first-order valence-corrected chi connectivity index (χ1v) is 8.13. The lowest BCUT2D eigenvalue weighted by molar-refractivity contribution is -0.131. The smallest absolute Gasteiger partial charge is 0.240 e. The number of carbonyl (C=O) groups excluding carboxylic acids is 2. The number of piperidine rings is 1. The number of hydrogen-bond acceptors (Lipinski definition) is 3. The Morgan fingerprint density at radius 2 is 2.05 bits per heavy atom. The molecular weight excluding hydrogens is 266 g/mol. The molecule has 1 saturated heterocycles. The fourth-order valence-corrected chi connectivity index (χ4v) is 3.26. The van der Waals surface area contributed by atoms with Crippen LogP contribution in [-0.2, 0) is 9.59 Å². The number of primary amides is 1. The van der Waals surface area contributed by atoms with Crippen LogP contribution in [0.1, 0.15) is 45.4 Å². The molecule has 0 aromatic heterocycles. The summed E-state index contributed by atoms with van der Waals surface area (Å²) in [5.41, 5.74) is 6.54. The van der Waals surface area contributed by atoms with Crippen LogP contribution in [0.5, 0.6) is 0 Å². The predicted octanol–water partition coefficient (Wildman–Crippen LogP) is 1.49. The van der Waals surface area contributed by atoms with Crippen LogP contribution in [0, 0.1) is 5.92 Å². The molecule has 0 radical (unpaired) electrons. The van der Waals surface area contributed by atoms with Gasteiger partial charge in [0.1, 0.15) is 0 Å². The molecule has 2 aliphatic rings. The first-order chi connectivity index (χ1) is 10.1. The SMILES string of the molecule is CCN(C(=O)CN1CCC(C(N)=O)CC1)C1=CCCCC1. The third kappa shape index (κ3) is 4.30. The maximum atomic E-state index is 12.5. The molecule has 1 heterocycles. The topological polar surface area (TPSA) is 66.6 Å². The fraction of sp³-hybridized carbons (Fsp3) is 0.750. The van der Waals surface area contributed by atoms with Crippen molar-refractivity contribution in [1.29, 1.82) is 0 Å². The van der Waals surface area contributed by atoms with Gasteiger partial charge in [-0.25, -0.2) is 0 Å². The summed E-state index contributed by atoms with van der Waals surface area (Å²) in [5, 5.41) is 0. The molecule has 5 nitrogen and oxygen atoms in total. The van der Waals surface area contributed by atoms with E-state index in [1.807, 2.05) is 11.8 Å². The molecule has 0 aromatic carbocycles. The van der Waals surface area contributed by atoms with Crippen molar-refractivity contribution in [3.63, 3.8) is 0 Å². The van der Waals surface area contributed by atoms with Crippen LogP contribution in [0.15, 0.2) is 11.8 Å². The summed E-state index contributed by atoms with van der Waals surface area (Å²) in [5.74, 6) is -0.0358. The molecule has 2 rings (SSSR count). The Labute approximate surface area is 127 Å². The van der Waals surface area contributed by atoms with E-state index in [1.54, 1.807) is 0 Å². The van der Waals surface area contributed by atoms with Crippen molar-refractivity contribution in [2.45, 2.75) is 45.4 Å². The van der Waals surface area contributed by atoms with Gasteiger partial charge in [0.25, 0.3) is 0 Å². The van der Waals surface area contributed by atoms with Crippen molar-refractivity contribution in [3.8, 4) is 0 Å². The highest BCUT2D eigenvalue weighted by molar-refractivity contribution is 5.80. The number of carbonyl (C=O) groups is 2. The largest absolute Gasteiger partial charge is 0.369 e. The molecule has 118 valence electrons. The van der Waals surface area contributed by atoms with Gasteiger partial charge in [-0.2, -0.15) is 0 Å². The van der Waals surface area contributed by atoms with E-state index in [0.29, 0.717) is 6.54 Å². The standard InChI is InChI=1S/C16H27N3O2/c1-2-19(14-6-4-3-5-7-14)15(20)12-18-10-8-13(9-11-18)16(17)21/h6,13H,2-5,7-12H2,1H3,(H2,17,21). The third-order valence-corrected chi connectivity index (χ3v) is 4.58. The number of allylic oxidation sites excluding steroid dienone is 2. The zero-order valence-electron chi connectivity index (χ0n) is 13.0. The van der Waals surface area contributed by atoms with Crippen LogP contribution in [0.2, 0.25) is 0 Å². The van der Waals surface area contributed by atoms with Gasteiger partial charge >= 0.3 is 0 Å². The predicted molar refractivity (Wildman–Crippen MR) is 82.3 cm³/mol. The van der Waals surface area contributed by atoms with Crippen LogP contribution < -0.4 is 5.73 Å². The van der Waals surface area contributed by atoms with E-state index in [9.17, 15) is 9.59 Å². The van der Waals surface area contributed by atoms with Gasteiger partial charge in [0, 0.05) is 18.2 Å². The summed E-state index contributed by atoms with van der Waals surface area (Å²) in [4.78, 5) is 27.8. The number of hydrogen-bond donors (Lipinski definition) is 1. The first-order valence-electron chi connectivity index (χ1n) is 8.13. The molecule has 2 N–H and O–H groups in total. The second-order valence-electron chi connectivity index (χ2n) is 6.03. The normalized spacial score (nSPS) is 20.9. The third-order valence-electron chi connectivity index (χ3n) is 4.58. The summed E-state index contributed by atoms with van der Waals surface area (Å²) in [6, 6.07) is 0. The zero-order chi connectivity index (χ0) is 15.2. The molecule has 0 aromatic rings. The Hall–Kier alpha value is -1.36. The Morgan fingerprint density at radius 3 is 2.57 bits per heavy atom. The van der Waals surface area contributed by atoms with E-state index < -0.39 is 0 Å². The number of amides is 2. The lowest BCUT2D eigenvalue weighted by Crippen LogP contribution is -2.44. The average molecular weight is 293 g/mol. The number of rotatable bonds is 5. The summed E-state index contributed by atoms with van der Waals surface area (Å²) >= 11 is 0. The monoisotopic (exact) mass is 293 g/mol. The van der Waals surface area contributed by atoms with Crippen molar-refractivity contribution in [1.82, 2.24) is 9.80 Å². The van der Waals surface area contributed by atoms with Gasteiger partial charge < -0.3 is 10.6 Å². The molecule has 1 aliphatic carbocycles. The Morgan fingerprint density at radius 1 is 1.33 bits per heavy atom. The molecule has 21 heavy (non-hydrogen) atoms. The van der Waals surface area contributed by atoms with E-state index in [2.05, 4.69) is 11.0 Å².